The smallest absolute Gasteiger partial charge is 0.194 e. The monoisotopic (exact) mass is 457 g/mol. The van der Waals surface area contributed by atoms with Crippen LogP contribution in [0, 0.1) is 0 Å². The largest absolute Gasteiger partial charge is 0.352 e. The summed E-state index contributed by atoms with van der Waals surface area (Å²) < 4.78 is 11.4. The molecule has 0 heterocycles. The zero-order valence-corrected chi connectivity index (χ0v) is 17.4. The number of rotatable bonds is 5. The number of guanidine groups is 1. The van der Waals surface area contributed by atoms with Crippen LogP contribution in [0.4, 0.5) is 0 Å². The van der Waals surface area contributed by atoms with E-state index in [0.29, 0.717) is 13.1 Å². The van der Waals surface area contributed by atoms with E-state index in [1.807, 2.05) is 61.5 Å². The van der Waals surface area contributed by atoms with Crippen molar-refractivity contribution in [2.45, 2.75) is 18.0 Å². The highest BCUT2D eigenvalue weighted by atomic mass is 127. The van der Waals surface area contributed by atoms with Crippen LogP contribution < -0.4 is 5.32 Å². The molecule has 0 spiro atoms. The summed E-state index contributed by atoms with van der Waals surface area (Å²) in [6.45, 7) is 1.33. The van der Waals surface area contributed by atoms with Crippen molar-refractivity contribution in [3.63, 3.8) is 0 Å². The van der Waals surface area contributed by atoms with Gasteiger partial charge in [-0.05, 0) is 23.3 Å². The van der Waals surface area contributed by atoms with Crippen molar-refractivity contribution >= 4 is 40.7 Å². The van der Waals surface area contributed by atoms with Gasteiger partial charge in [0, 0.05) is 42.6 Å². The highest BCUT2D eigenvalue weighted by Gasteiger charge is 2.03. The van der Waals surface area contributed by atoms with Gasteiger partial charge < -0.3 is 10.2 Å². The standard InChI is InChI=1S/C18H23N3OS.HI/c1-21(2)18(19-13-15-7-5-4-6-8-15)20-14-16-9-11-17(12-10-16)23(3)22;/h4-12H,13-14H2,1-3H3,(H,19,20);1H. The summed E-state index contributed by atoms with van der Waals surface area (Å²) in [7, 11) is 3.01. The molecule has 0 amide bonds. The van der Waals surface area contributed by atoms with Crippen molar-refractivity contribution < 1.29 is 4.21 Å². The minimum atomic E-state index is -0.934. The maximum Gasteiger partial charge on any atom is 0.194 e. The fourth-order valence-electron chi connectivity index (χ4n) is 2.09. The second-order valence-electron chi connectivity index (χ2n) is 5.47. The molecule has 0 fully saturated rings. The number of hydrogen-bond donors (Lipinski definition) is 1. The molecule has 0 radical (unpaired) electrons. The molecular formula is C18H24IN3OS. The molecule has 24 heavy (non-hydrogen) atoms. The van der Waals surface area contributed by atoms with Crippen molar-refractivity contribution in [3.8, 4) is 0 Å². The van der Waals surface area contributed by atoms with Crippen LogP contribution in [0.3, 0.4) is 0 Å². The van der Waals surface area contributed by atoms with Crippen LogP contribution >= 0.6 is 24.0 Å². The molecule has 0 aliphatic carbocycles. The number of benzene rings is 2. The number of hydrogen-bond acceptors (Lipinski definition) is 2. The Morgan fingerprint density at radius 1 is 1.04 bits per heavy atom. The van der Waals surface area contributed by atoms with E-state index in [1.165, 1.54) is 5.56 Å². The van der Waals surface area contributed by atoms with E-state index in [1.54, 1.807) is 6.26 Å². The third-order valence-corrected chi connectivity index (χ3v) is 4.32. The first-order chi connectivity index (χ1) is 11.1. The lowest BCUT2D eigenvalue weighted by Gasteiger charge is -2.18. The molecule has 0 saturated heterocycles. The molecule has 2 rings (SSSR count). The SMILES string of the molecule is CN(C)C(=NCc1ccccc1)NCc1ccc(S(C)=O)cc1.I. The Balaban J connectivity index is 0.00000288. The molecule has 0 saturated carbocycles. The molecule has 4 nitrogen and oxygen atoms in total. The van der Waals surface area contributed by atoms with E-state index in [-0.39, 0.29) is 24.0 Å². The Bertz CT molecular complexity index is 672. The molecule has 0 aliphatic heterocycles. The highest BCUT2D eigenvalue weighted by Crippen LogP contribution is 2.07. The number of nitrogens with zero attached hydrogens (tertiary/aromatic N) is 2. The molecule has 1 atom stereocenters. The van der Waals surface area contributed by atoms with Gasteiger partial charge in [-0.15, -0.1) is 24.0 Å². The summed E-state index contributed by atoms with van der Waals surface area (Å²) in [5, 5.41) is 3.35. The third kappa shape index (κ3) is 6.60. The molecule has 1 unspecified atom stereocenters. The summed E-state index contributed by atoms with van der Waals surface area (Å²) in [4.78, 5) is 7.45. The van der Waals surface area contributed by atoms with Crippen LogP contribution in [0.1, 0.15) is 11.1 Å². The highest BCUT2D eigenvalue weighted by molar-refractivity contribution is 14.0. The van der Waals surface area contributed by atoms with E-state index >= 15 is 0 Å². The predicted octanol–water partition coefficient (Wildman–Crippen LogP) is 3.25. The summed E-state index contributed by atoms with van der Waals surface area (Å²) in [5.41, 5.74) is 2.32. The lowest BCUT2D eigenvalue weighted by molar-refractivity contribution is 0.578. The molecule has 1 N–H and O–H groups in total. The molecule has 6 heteroatoms. The first kappa shape index (κ1) is 20.6. The maximum absolute atomic E-state index is 11.4. The molecule has 0 aromatic heterocycles. The quantitative estimate of drug-likeness (QED) is 0.426. The normalized spacial score (nSPS) is 12.2. The van der Waals surface area contributed by atoms with Crippen LogP contribution in [0.15, 0.2) is 64.5 Å². The van der Waals surface area contributed by atoms with E-state index in [0.717, 1.165) is 16.4 Å². The van der Waals surface area contributed by atoms with Gasteiger partial charge in [0.15, 0.2) is 5.96 Å². The third-order valence-electron chi connectivity index (χ3n) is 3.38. The second kappa shape index (κ2) is 10.5. The fraction of sp³-hybridized carbons (Fsp3) is 0.278. The van der Waals surface area contributed by atoms with Crippen LogP contribution in [0.2, 0.25) is 0 Å². The zero-order chi connectivity index (χ0) is 16.7. The molecule has 130 valence electrons. The van der Waals surface area contributed by atoms with Gasteiger partial charge in [-0.2, -0.15) is 0 Å². The lowest BCUT2D eigenvalue weighted by atomic mass is 10.2. The van der Waals surface area contributed by atoms with Crippen molar-refractivity contribution in [1.82, 2.24) is 10.2 Å². The Labute approximate surface area is 163 Å². The van der Waals surface area contributed by atoms with Crippen molar-refractivity contribution in [2.24, 2.45) is 4.99 Å². The fourth-order valence-corrected chi connectivity index (χ4v) is 2.60. The summed E-state index contributed by atoms with van der Waals surface area (Å²) in [5.74, 6) is 0.844. The Morgan fingerprint density at radius 3 is 2.21 bits per heavy atom. The Morgan fingerprint density at radius 2 is 1.67 bits per heavy atom. The van der Waals surface area contributed by atoms with E-state index in [4.69, 9.17) is 0 Å². The van der Waals surface area contributed by atoms with Gasteiger partial charge in [0.05, 0.1) is 6.54 Å². The number of halogens is 1. The lowest BCUT2D eigenvalue weighted by Crippen LogP contribution is -2.36. The first-order valence-corrected chi connectivity index (χ1v) is 9.04. The molecular weight excluding hydrogens is 433 g/mol. The second-order valence-corrected chi connectivity index (χ2v) is 6.85. The molecule has 2 aromatic carbocycles. The van der Waals surface area contributed by atoms with Crippen LogP contribution in [-0.2, 0) is 23.9 Å². The predicted molar refractivity (Wildman–Crippen MR) is 112 cm³/mol. The maximum atomic E-state index is 11.4. The van der Waals surface area contributed by atoms with Gasteiger partial charge in [0.2, 0.25) is 0 Å². The van der Waals surface area contributed by atoms with E-state index in [2.05, 4.69) is 22.4 Å². The zero-order valence-electron chi connectivity index (χ0n) is 14.2. The average Bonchev–Trinajstić information content (AvgIpc) is 2.56. The van der Waals surface area contributed by atoms with Gasteiger partial charge in [0.25, 0.3) is 0 Å². The average molecular weight is 457 g/mol. The molecule has 0 aliphatic rings. The number of aliphatic imine (C=N–C) groups is 1. The van der Waals surface area contributed by atoms with Gasteiger partial charge in [-0.3, -0.25) is 4.21 Å². The minimum absolute atomic E-state index is 0. The summed E-state index contributed by atoms with van der Waals surface area (Å²) >= 11 is 0. The van der Waals surface area contributed by atoms with Gasteiger partial charge >= 0.3 is 0 Å². The van der Waals surface area contributed by atoms with Crippen molar-refractivity contribution in [2.75, 3.05) is 20.4 Å². The topological polar surface area (TPSA) is 44.7 Å². The van der Waals surface area contributed by atoms with Gasteiger partial charge in [-0.25, -0.2) is 4.99 Å². The summed E-state index contributed by atoms with van der Waals surface area (Å²) in [6.07, 6.45) is 1.69. The van der Waals surface area contributed by atoms with E-state index in [9.17, 15) is 4.21 Å². The van der Waals surface area contributed by atoms with E-state index < -0.39 is 10.8 Å². The molecule has 2 aromatic rings. The van der Waals surface area contributed by atoms with Gasteiger partial charge in [-0.1, -0.05) is 42.5 Å². The van der Waals surface area contributed by atoms with Crippen LogP contribution in [-0.4, -0.2) is 35.4 Å². The van der Waals surface area contributed by atoms with Crippen LogP contribution in [0.5, 0.6) is 0 Å². The van der Waals surface area contributed by atoms with Crippen molar-refractivity contribution in [3.05, 3.63) is 65.7 Å². The van der Waals surface area contributed by atoms with Crippen molar-refractivity contribution in [1.29, 1.82) is 0 Å². The summed E-state index contributed by atoms with van der Waals surface area (Å²) in [6, 6.07) is 18.0. The van der Waals surface area contributed by atoms with Gasteiger partial charge in [0.1, 0.15) is 0 Å². The number of nitrogens with one attached hydrogen (secondary N) is 1. The minimum Gasteiger partial charge on any atom is -0.352 e. The first-order valence-electron chi connectivity index (χ1n) is 7.48. The Hall–Kier alpha value is -1.41. The Kier molecular flexibility index (Phi) is 8.99. The molecule has 0 bridgehead atoms. The van der Waals surface area contributed by atoms with Crippen LogP contribution in [0.25, 0.3) is 0 Å².